The van der Waals surface area contributed by atoms with Gasteiger partial charge in [-0.25, -0.2) is 0 Å². The minimum Gasteiger partial charge on any atom is -0.277 e. The summed E-state index contributed by atoms with van der Waals surface area (Å²) < 4.78 is 0. The van der Waals surface area contributed by atoms with E-state index < -0.39 is 5.54 Å². The van der Waals surface area contributed by atoms with Crippen molar-refractivity contribution in [3.8, 4) is 0 Å². The SMILES string of the molecule is CC1=C(C)C2(C)C3C(=O)N(C(C)(C)C)C(=O)C3C1C2(C)C(C)(C)C. The molecule has 0 N–H and O–H groups in total. The Kier molecular flexibility index (Phi) is 3.20. The number of fused-ring (bicyclic) bond motifs is 5. The molecule has 1 aliphatic heterocycles. The van der Waals surface area contributed by atoms with Crippen molar-refractivity contribution in [2.24, 2.45) is 34.0 Å². The third-order valence-electron chi connectivity index (χ3n) is 8.10. The summed E-state index contributed by atoms with van der Waals surface area (Å²) in [6.07, 6.45) is 0. The average molecular weight is 332 g/mol. The van der Waals surface area contributed by atoms with Gasteiger partial charge in [-0.3, -0.25) is 14.5 Å². The topological polar surface area (TPSA) is 37.4 Å². The predicted molar refractivity (Wildman–Crippen MR) is 96.1 cm³/mol. The second-order valence-electron chi connectivity index (χ2n) is 10.6. The van der Waals surface area contributed by atoms with Crippen LogP contribution in [-0.4, -0.2) is 22.3 Å². The molecule has 3 rings (SSSR count). The highest BCUT2D eigenvalue weighted by Gasteiger charge is 2.78. The smallest absolute Gasteiger partial charge is 0.234 e. The lowest BCUT2D eigenvalue weighted by Gasteiger charge is -2.51. The summed E-state index contributed by atoms with van der Waals surface area (Å²) >= 11 is 0. The molecule has 0 spiro atoms. The molecule has 3 nitrogen and oxygen atoms in total. The Hall–Kier alpha value is -1.12. The van der Waals surface area contributed by atoms with Gasteiger partial charge in [-0.2, -0.15) is 0 Å². The molecule has 2 aliphatic carbocycles. The van der Waals surface area contributed by atoms with Crippen LogP contribution in [0.3, 0.4) is 0 Å². The molecule has 0 aromatic heterocycles. The molecule has 1 saturated carbocycles. The number of carbonyl (C=O) groups excluding carboxylic acids is 2. The van der Waals surface area contributed by atoms with Crippen molar-refractivity contribution < 1.29 is 9.59 Å². The van der Waals surface area contributed by atoms with E-state index >= 15 is 0 Å². The molecule has 134 valence electrons. The zero-order valence-corrected chi connectivity index (χ0v) is 17.0. The summed E-state index contributed by atoms with van der Waals surface area (Å²) in [5, 5.41) is 0. The highest BCUT2D eigenvalue weighted by Crippen LogP contribution is 2.78. The van der Waals surface area contributed by atoms with Crippen LogP contribution in [-0.2, 0) is 9.59 Å². The summed E-state index contributed by atoms with van der Waals surface area (Å²) in [4.78, 5) is 28.3. The van der Waals surface area contributed by atoms with Gasteiger partial charge in [-0.05, 0) is 51.4 Å². The minimum atomic E-state index is -0.450. The number of hydrogen-bond acceptors (Lipinski definition) is 2. The second-order valence-corrected chi connectivity index (χ2v) is 10.6. The summed E-state index contributed by atoms with van der Waals surface area (Å²) in [6.45, 7) is 21.6. The highest BCUT2D eigenvalue weighted by atomic mass is 16.2. The van der Waals surface area contributed by atoms with E-state index in [1.807, 2.05) is 20.8 Å². The number of carbonyl (C=O) groups is 2. The lowest BCUT2D eigenvalue weighted by Crippen LogP contribution is -2.52. The Labute approximate surface area is 146 Å². The monoisotopic (exact) mass is 331 g/mol. The fourth-order valence-corrected chi connectivity index (χ4v) is 6.51. The van der Waals surface area contributed by atoms with Crippen LogP contribution in [0, 0.1) is 34.0 Å². The summed E-state index contributed by atoms with van der Waals surface area (Å²) in [7, 11) is 0. The Morgan fingerprint density at radius 2 is 1.38 bits per heavy atom. The first-order chi connectivity index (χ1) is 10.6. The second kappa shape index (κ2) is 4.34. The molecule has 5 unspecified atom stereocenters. The lowest BCUT2D eigenvalue weighted by atomic mass is 9.52. The number of imide groups is 1. The summed E-state index contributed by atoms with van der Waals surface area (Å²) in [6, 6.07) is 0. The number of hydrogen-bond donors (Lipinski definition) is 0. The van der Waals surface area contributed by atoms with Gasteiger partial charge < -0.3 is 0 Å². The molecule has 1 heterocycles. The largest absolute Gasteiger partial charge is 0.277 e. The van der Waals surface area contributed by atoms with Crippen LogP contribution >= 0.6 is 0 Å². The lowest BCUT2D eigenvalue weighted by molar-refractivity contribution is -0.149. The van der Waals surface area contributed by atoms with Crippen molar-refractivity contribution >= 4 is 11.8 Å². The Bertz CT molecular complexity index is 675. The van der Waals surface area contributed by atoms with E-state index in [-0.39, 0.29) is 45.8 Å². The van der Waals surface area contributed by atoms with Crippen molar-refractivity contribution in [3.05, 3.63) is 11.1 Å². The number of allylic oxidation sites excluding steroid dienone is 2. The maximum absolute atomic E-state index is 13.4. The van der Waals surface area contributed by atoms with Gasteiger partial charge >= 0.3 is 0 Å². The first-order valence-electron chi connectivity index (χ1n) is 9.19. The number of amides is 2. The van der Waals surface area contributed by atoms with E-state index in [9.17, 15) is 9.59 Å². The van der Waals surface area contributed by atoms with Gasteiger partial charge in [-0.15, -0.1) is 0 Å². The van der Waals surface area contributed by atoms with Crippen molar-refractivity contribution in [2.75, 3.05) is 0 Å². The molecule has 2 bridgehead atoms. The van der Waals surface area contributed by atoms with Gasteiger partial charge in [0, 0.05) is 11.0 Å². The zero-order chi connectivity index (χ0) is 18.6. The first-order valence-corrected chi connectivity index (χ1v) is 9.19. The molecule has 0 aromatic carbocycles. The van der Waals surface area contributed by atoms with Gasteiger partial charge in [0.25, 0.3) is 0 Å². The van der Waals surface area contributed by atoms with E-state index in [0.717, 1.165) is 0 Å². The van der Waals surface area contributed by atoms with Gasteiger partial charge in [0.1, 0.15) is 0 Å². The Morgan fingerprint density at radius 1 is 0.875 bits per heavy atom. The predicted octanol–water partition coefficient (Wildman–Crippen LogP) is 4.42. The van der Waals surface area contributed by atoms with Crippen LogP contribution < -0.4 is 0 Å². The Balaban J connectivity index is 2.26. The summed E-state index contributed by atoms with van der Waals surface area (Å²) in [5.41, 5.74) is 1.91. The van der Waals surface area contributed by atoms with Crippen LogP contribution in [0.25, 0.3) is 0 Å². The van der Waals surface area contributed by atoms with Crippen LogP contribution in [0.2, 0.25) is 0 Å². The quantitative estimate of drug-likeness (QED) is 0.486. The highest BCUT2D eigenvalue weighted by molar-refractivity contribution is 6.08. The van der Waals surface area contributed by atoms with Gasteiger partial charge in [0.15, 0.2) is 0 Å². The van der Waals surface area contributed by atoms with Crippen molar-refractivity contribution in [3.63, 3.8) is 0 Å². The van der Waals surface area contributed by atoms with E-state index in [1.54, 1.807) is 4.90 Å². The van der Waals surface area contributed by atoms with E-state index in [4.69, 9.17) is 0 Å². The van der Waals surface area contributed by atoms with E-state index in [1.165, 1.54) is 11.1 Å². The molecule has 3 aliphatic rings. The molecule has 1 saturated heterocycles. The van der Waals surface area contributed by atoms with Crippen molar-refractivity contribution in [1.82, 2.24) is 4.90 Å². The van der Waals surface area contributed by atoms with Gasteiger partial charge in [0.2, 0.25) is 11.8 Å². The summed E-state index contributed by atoms with van der Waals surface area (Å²) in [5.74, 6) is -0.133. The zero-order valence-electron chi connectivity index (χ0n) is 17.0. The minimum absolute atomic E-state index is 0.0168. The number of nitrogens with zero attached hydrogens (tertiary/aromatic N) is 1. The van der Waals surface area contributed by atoms with Crippen LogP contribution in [0.4, 0.5) is 0 Å². The third kappa shape index (κ3) is 1.55. The molecular formula is C21H33NO2. The molecular weight excluding hydrogens is 298 g/mol. The maximum Gasteiger partial charge on any atom is 0.234 e. The van der Waals surface area contributed by atoms with Crippen molar-refractivity contribution in [1.29, 1.82) is 0 Å². The molecule has 0 radical (unpaired) electrons. The average Bonchev–Trinajstić information content (AvgIpc) is 2.83. The fourth-order valence-electron chi connectivity index (χ4n) is 6.51. The third-order valence-corrected chi connectivity index (χ3v) is 8.10. The molecule has 2 amide bonds. The van der Waals surface area contributed by atoms with Crippen LogP contribution in [0.15, 0.2) is 11.1 Å². The molecule has 24 heavy (non-hydrogen) atoms. The van der Waals surface area contributed by atoms with Gasteiger partial charge in [-0.1, -0.05) is 45.8 Å². The first kappa shape index (κ1) is 17.7. The van der Waals surface area contributed by atoms with Gasteiger partial charge in [0.05, 0.1) is 11.8 Å². The van der Waals surface area contributed by atoms with E-state index in [2.05, 4.69) is 48.5 Å². The molecule has 0 aromatic rings. The standard InChI is InChI=1S/C21H33NO2/c1-11-12(2)20(9)15-13(14(11)21(20,10)18(3,4)5)16(23)22(17(15)24)19(6,7)8/h13-15H,1-10H3. The fraction of sp³-hybridized carbons (Fsp3) is 0.810. The van der Waals surface area contributed by atoms with Crippen LogP contribution in [0.1, 0.15) is 69.2 Å². The Morgan fingerprint density at radius 3 is 1.79 bits per heavy atom. The van der Waals surface area contributed by atoms with Crippen molar-refractivity contribution in [2.45, 2.75) is 74.8 Å². The van der Waals surface area contributed by atoms with E-state index in [0.29, 0.717) is 0 Å². The molecule has 5 atom stereocenters. The van der Waals surface area contributed by atoms with Crippen LogP contribution in [0.5, 0.6) is 0 Å². The number of likely N-dealkylation sites (tertiary alicyclic amines) is 1. The number of rotatable bonds is 0. The molecule has 3 heteroatoms. The molecule has 2 fully saturated rings. The maximum atomic E-state index is 13.4. The normalized spacial score (nSPS) is 42.4.